The number of aromatic nitrogens is 2. The summed E-state index contributed by atoms with van der Waals surface area (Å²) >= 11 is 0. The highest BCUT2D eigenvalue weighted by molar-refractivity contribution is 5.12. The second-order valence-electron chi connectivity index (χ2n) is 5.75. The Morgan fingerprint density at radius 1 is 1.45 bits per heavy atom. The van der Waals surface area contributed by atoms with E-state index in [1.807, 2.05) is 13.0 Å². The van der Waals surface area contributed by atoms with E-state index in [4.69, 9.17) is 4.74 Å². The van der Waals surface area contributed by atoms with Crippen molar-refractivity contribution in [2.24, 2.45) is 0 Å². The maximum absolute atomic E-state index is 6.01. The Bertz CT molecular complexity index is 465. The summed E-state index contributed by atoms with van der Waals surface area (Å²) in [5, 5.41) is 3.32. The summed E-state index contributed by atoms with van der Waals surface area (Å²) in [4.78, 5) is 11.8. The maximum atomic E-state index is 6.01. The van der Waals surface area contributed by atoms with E-state index in [0.717, 1.165) is 43.5 Å². The number of aryl methyl sites for hydroxylation is 1. The zero-order chi connectivity index (χ0) is 13.9. The number of hydrogen-bond donors (Lipinski definition) is 1. The molecule has 1 N–H and O–H groups in total. The van der Waals surface area contributed by atoms with Crippen LogP contribution in [0, 0.1) is 6.92 Å². The maximum Gasteiger partial charge on any atom is 0.158 e. The standard InChI is InChI=1S/C15H24N4O/c1-3-16-8-12-7-11(2)17-15(18-12)14-9-19-6-4-5-13(19)10-20-14/h7,13-14,16H,3-6,8-10H2,1-2H3. The quantitative estimate of drug-likeness (QED) is 0.901. The molecule has 5 heteroatoms. The van der Waals surface area contributed by atoms with Crippen LogP contribution in [0.15, 0.2) is 6.07 Å². The lowest BCUT2D eigenvalue weighted by molar-refractivity contribution is -0.0542. The van der Waals surface area contributed by atoms with Crippen molar-refractivity contribution < 1.29 is 4.74 Å². The van der Waals surface area contributed by atoms with Gasteiger partial charge in [0.1, 0.15) is 6.10 Å². The number of nitrogens with zero attached hydrogens (tertiary/aromatic N) is 3. The van der Waals surface area contributed by atoms with Crippen LogP contribution in [-0.2, 0) is 11.3 Å². The smallest absolute Gasteiger partial charge is 0.158 e. The molecule has 1 aromatic rings. The van der Waals surface area contributed by atoms with Crippen molar-refractivity contribution in [3.8, 4) is 0 Å². The van der Waals surface area contributed by atoms with E-state index < -0.39 is 0 Å². The Morgan fingerprint density at radius 2 is 2.35 bits per heavy atom. The van der Waals surface area contributed by atoms with Crippen LogP contribution < -0.4 is 5.32 Å². The molecule has 2 aliphatic rings. The topological polar surface area (TPSA) is 50.3 Å². The third-order valence-corrected chi connectivity index (χ3v) is 4.16. The molecule has 0 radical (unpaired) electrons. The molecule has 0 saturated carbocycles. The van der Waals surface area contributed by atoms with E-state index in [1.54, 1.807) is 0 Å². The third-order valence-electron chi connectivity index (χ3n) is 4.16. The van der Waals surface area contributed by atoms with Gasteiger partial charge in [0.25, 0.3) is 0 Å². The molecule has 5 nitrogen and oxygen atoms in total. The Balaban J connectivity index is 1.74. The molecule has 3 rings (SSSR count). The molecule has 0 aromatic carbocycles. The van der Waals surface area contributed by atoms with Gasteiger partial charge >= 0.3 is 0 Å². The molecule has 0 bridgehead atoms. The van der Waals surface area contributed by atoms with Crippen LogP contribution in [0.2, 0.25) is 0 Å². The fraction of sp³-hybridized carbons (Fsp3) is 0.733. The van der Waals surface area contributed by atoms with Gasteiger partial charge in [-0.2, -0.15) is 0 Å². The van der Waals surface area contributed by atoms with Gasteiger partial charge in [-0.3, -0.25) is 4.90 Å². The van der Waals surface area contributed by atoms with Crippen LogP contribution in [0.1, 0.15) is 43.1 Å². The largest absolute Gasteiger partial charge is 0.367 e. The predicted molar refractivity (Wildman–Crippen MR) is 77.4 cm³/mol. The Labute approximate surface area is 120 Å². The van der Waals surface area contributed by atoms with Gasteiger partial charge in [-0.15, -0.1) is 0 Å². The second kappa shape index (κ2) is 6.16. The Kier molecular flexibility index (Phi) is 4.29. The second-order valence-corrected chi connectivity index (χ2v) is 5.75. The van der Waals surface area contributed by atoms with Crippen LogP contribution in [0.4, 0.5) is 0 Å². The third kappa shape index (κ3) is 3.00. The minimum atomic E-state index is 0.0321. The van der Waals surface area contributed by atoms with E-state index >= 15 is 0 Å². The minimum absolute atomic E-state index is 0.0321. The number of fused-ring (bicyclic) bond motifs is 1. The highest BCUT2D eigenvalue weighted by atomic mass is 16.5. The predicted octanol–water partition coefficient (Wildman–Crippen LogP) is 1.43. The average molecular weight is 276 g/mol. The molecular formula is C15H24N4O. The molecule has 110 valence electrons. The summed E-state index contributed by atoms with van der Waals surface area (Å²) in [7, 11) is 0. The number of nitrogens with one attached hydrogen (secondary N) is 1. The Hall–Kier alpha value is -1.04. The van der Waals surface area contributed by atoms with Gasteiger partial charge in [0.15, 0.2) is 5.82 Å². The number of ether oxygens (including phenoxy) is 1. The minimum Gasteiger partial charge on any atom is -0.367 e. The summed E-state index contributed by atoms with van der Waals surface area (Å²) in [5.74, 6) is 0.850. The first-order valence-corrected chi connectivity index (χ1v) is 7.67. The van der Waals surface area contributed by atoms with E-state index in [0.29, 0.717) is 6.04 Å². The van der Waals surface area contributed by atoms with Crippen molar-refractivity contribution in [3.63, 3.8) is 0 Å². The van der Waals surface area contributed by atoms with E-state index in [-0.39, 0.29) is 6.10 Å². The van der Waals surface area contributed by atoms with Crippen LogP contribution in [0.5, 0.6) is 0 Å². The fourth-order valence-electron chi connectivity index (χ4n) is 3.12. The van der Waals surface area contributed by atoms with Crippen LogP contribution in [0.3, 0.4) is 0 Å². The van der Waals surface area contributed by atoms with Gasteiger partial charge in [0.05, 0.1) is 12.3 Å². The molecule has 2 atom stereocenters. The van der Waals surface area contributed by atoms with Crippen LogP contribution in [-0.4, -0.2) is 47.2 Å². The van der Waals surface area contributed by atoms with Crippen molar-refractivity contribution >= 4 is 0 Å². The average Bonchev–Trinajstić information content (AvgIpc) is 2.92. The molecule has 1 aromatic heterocycles. The number of rotatable bonds is 4. The van der Waals surface area contributed by atoms with Crippen molar-refractivity contribution in [2.45, 2.75) is 45.4 Å². The number of hydrogen-bond acceptors (Lipinski definition) is 5. The monoisotopic (exact) mass is 276 g/mol. The molecule has 0 spiro atoms. The van der Waals surface area contributed by atoms with Crippen molar-refractivity contribution in [3.05, 3.63) is 23.3 Å². The van der Waals surface area contributed by atoms with Crippen LogP contribution >= 0.6 is 0 Å². The molecule has 0 aliphatic carbocycles. The normalized spacial score (nSPS) is 26.7. The molecule has 20 heavy (non-hydrogen) atoms. The zero-order valence-corrected chi connectivity index (χ0v) is 12.4. The molecule has 2 unspecified atom stereocenters. The van der Waals surface area contributed by atoms with Crippen molar-refractivity contribution in [2.75, 3.05) is 26.2 Å². The first-order chi connectivity index (χ1) is 9.76. The van der Waals surface area contributed by atoms with Crippen molar-refractivity contribution in [1.82, 2.24) is 20.2 Å². The number of morpholine rings is 1. The first-order valence-electron chi connectivity index (χ1n) is 7.67. The summed E-state index contributed by atoms with van der Waals surface area (Å²) in [6.45, 7) is 8.84. The first kappa shape index (κ1) is 13.9. The van der Waals surface area contributed by atoms with E-state index in [9.17, 15) is 0 Å². The molecule has 2 aliphatic heterocycles. The lowest BCUT2D eigenvalue weighted by Crippen LogP contribution is -2.43. The highest BCUT2D eigenvalue weighted by Gasteiger charge is 2.34. The summed E-state index contributed by atoms with van der Waals surface area (Å²) < 4.78 is 6.01. The molecular weight excluding hydrogens is 252 g/mol. The van der Waals surface area contributed by atoms with Gasteiger partial charge in [-0.1, -0.05) is 6.92 Å². The van der Waals surface area contributed by atoms with Crippen LogP contribution in [0.25, 0.3) is 0 Å². The van der Waals surface area contributed by atoms with Gasteiger partial charge < -0.3 is 10.1 Å². The highest BCUT2D eigenvalue weighted by Crippen LogP contribution is 2.28. The van der Waals surface area contributed by atoms with Gasteiger partial charge in [0, 0.05) is 24.8 Å². The fourth-order valence-corrected chi connectivity index (χ4v) is 3.12. The van der Waals surface area contributed by atoms with E-state index in [2.05, 4.69) is 27.1 Å². The lowest BCUT2D eigenvalue weighted by atomic mass is 10.1. The Morgan fingerprint density at radius 3 is 3.20 bits per heavy atom. The molecule has 2 saturated heterocycles. The zero-order valence-electron chi connectivity index (χ0n) is 12.4. The summed E-state index contributed by atoms with van der Waals surface area (Å²) in [6, 6.07) is 2.67. The van der Waals surface area contributed by atoms with Gasteiger partial charge in [-0.05, 0) is 38.9 Å². The summed E-state index contributed by atoms with van der Waals surface area (Å²) in [5.41, 5.74) is 2.08. The lowest BCUT2D eigenvalue weighted by Gasteiger charge is -2.34. The van der Waals surface area contributed by atoms with E-state index in [1.165, 1.54) is 19.4 Å². The SMILES string of the molecule is CCNCc1cc(C)nc(C2CN3CCCC3CO2)n1. The summed E-state index contributed by atoms with van der Waals surface area (Å²) in [6.07, 6.45) is 2.60. The van der Waals surface area contributed by atoms with Crippen molar-refractivity contribution in [1.29, 1.82) is 0 Å². The molecule has 0 amide bonds. The molecule has 2 fully saturated rings. The van der Waals surface area contributed by atoms with Gasteiger partial charge in [-0.25, -0.2) is 9.97 Å². The van der Waals surface area contributed by atoms with Gasteiger partial charge in [0.2, 0.25) is 0 Å². The molecule has 3 heterocycles.